The summed E-state index contributed by atoms with van der Waals surface area (Å²) in [5.74, 6) is -1.98. The third-order valence-electron chi connectivity index (χ3n) is 6.15. The highest BCUT2D eigenvalue weighted by atomic mass is 16.6. The van der Waals surface area contributed by atoms with E-state index in [-0.39, 0.29) is 28.8 Å². The van der Waals surface area contributed by atoms with Crippen LogP contribution in [0.4, 0.5) is 0 Å². The largest absolute Gasteiger partial charge is 0.458 e. The third kappa shape index (κ3) is 2.55. The Kier molecular flexibility index (Phi) is 4.65. The zero-order chi connectivity index (χ0) is 19.2. The van der Waals surface area contributed by atoms with Gasteiger partial charge >= 0.3 is 11.9 Å². The number of fused-ring (bicyclic) bond motifs is 2. The monoisotopic (exact) mass is 360 g/mol. The van der Waals surface area contributed by atoms with Crippen LogP contribution >= 0.6 is 0 Å². The van der Waals surface area contributed by atoms with Crippen LogP contribution in [0.25, 0.3) is 0 Å². The fourth-order valence-corrected chi connectivity index (χ4v) is 4.61. The van der Waals surface area contributed by atoms with Gasteiger partial charge < -0.3 is 14.6 Å². The van der Waals surface area contributed by atoms with Gasteiger partial charge in [0.2, 0.25) is 0 Å². The molecule has 1 N–H and O–H groups in total. The normalized spacial score (nSPS) is 39.3. The lowest BCUT2D eigenvalue weighted by Gasteiger charge is -2.39. The van der Waals surface area contributed by atoms with Crippen molar-refractivity contribution in [1.82, 2.24) is 0 Å². The molecular formula is C20H24O6. The molecule has 6 nitrogen and oxygen atoms in total. The number of carbonyl (C=O) groups excluding carboxylic acids is 3. The molecule has 140 valence electrons. The fraction of sp³-hybridized carbons (Fsp3) is 0.550. The minimum atomic E-state index is -1.00. The van der Waals surface area contributed by atoms with Gasteiger partial charge in [-0.2, -0.15) is 0 Å². The van der Waals surface area contributed by atoms with Crippen LogP contribution in [0.3, 0.4) is 0 Å². The molecule has 6 heteroatoms. The van der Waals surface area contributed by atoms with Gasteiger partial charge in [-0.05, 0) is 38.2 Å². The van der Waals surface area contributed by atoms with Crippen LogP contribution in [0.15, 0.2) is 36.0 Å². The van der Waals surface area contributed by atoms with Crippen molar-refractivity contribution in [1.29, 1.82) is 0 Å². The number of ketones is 1. The second-order valence-electron chi connectivity index (χ2n) is 7.54. The minimum absolute atomic E-state index is 0.0663. The van der Waals surface area contributed by atoms with Gasteiger partial charge in [-0.25, -0.2) is 9.59 Å². The molecule has 0 bridgehead atoms. The summed E-state index contributed by atoms with van der Waals surface area (Å²) in [6, 6.07) is 0. The van der Waals surface area contributed by atoms with Crippen LogP contribution in [-0.4, -0.2) is 41.6 Å². The molecule has 1 aliphatic heterocycles. The number of hydrogen-bond donors (Lipinski definition) is 1. The Balaban J connectivity index is 2.07. The summed E-state index contributed by atoms with van der Waals surface area (Å²) in [6.07, 6.45) is 4.07. The van der Waals surface area contributed by atoms with Gasteiger partial charge in [0, 0.05) is 5.57 Å². The Hall–Kier alpha value is -2.21. The molecule has 26 heavy (non-hydrogen) atoms. The van der Waals surface area contributed by atoms with Crippen LogP contribution in [0.1, 0.15) is 27.2 Å². The third-order valence-corrected chi connectivity index (χ3v) is 6.15. The molecule has 0 radical (unpaired) electrons. The van der Waals surface area contributed by atoms with Gasteiger partial charge in [0.25, 0.3) is 0 Å². The predicted molar refractivity (Wildman–Crippen MR) is 92.8 cm³/mol. The fourth-order valence-electron chi connectivity index (χ4n) is 4.61. The molecule has 6 atom stereocenters. The molecule has 0 aromatic rings. The van der Waals surface area contributed by atoms with Gasteiger partial charge in [-0.1, -0.05) is 25.7 Å². The number of aliphatic hydroxyl groups is 1. The van der Waals surface area contributed by atoms with E-state index in [0.717, 1.165) is 0 Å². The summed E-state index contributed by atoms with van der Waals surface area (Å²) in [4.78, 5) is 37.5. The van der Waals surface area contributed by atoms with E-state index >= 15 is 0 Å². The van der Waals surface area contributed by atoms with Crippen LogP contribution < -0.4 is 0 Å². The Morgan fingerprint density at radius 3 is 2.81 bits per heavy atom. The highest BCUT2D eigenvalue weighted by molar-refractivity contribution is 5.99. The highest BCUT2D eigenvalue weighted by Gasteiger charge is 2.62. The van der Waals surface area contributed by atoms with Crippen molar-refractivity contribution in [2.45, 2.75) is 39.4 Å². The molecule has 0 aromatic carbocycles. The van der Waals surface area contributed by atoms with Gasteiger partial charge in [-0.15, -0.1) is 0 Å². The molecular weight excluding hydrogens is 336 g/mol. The zero-order valence-electron chi connectivity index (χ0n) is 15.2. The molecule has 1 saturated carbocycles. The quantitative estimate of drug-likeness (QED) is 0.609. The van der Waals surface area contributed by atoms with Gasteiger partial charge in [0.05, 0.1) is 23.5 Å². The standard InChI is InChI=1S/C20H24O6/c1-5-12(9-21)19(24)26-17-16-11(3)18(23)25-14(16)8-10(2)13-6-7-15(22)20(13,17)4/h5-7,10,13-14,16-17,21H,3,8-9H2,1-2,4H3/b12-5-/t10-,13+,14-,16-,17+,20+/m1/s1. The first-order valence-electron chi connectivity index (χ1n) is 8.85. The molecule has 1 saturated heterocycles. The van der Waals surface area contributed by atoms with Gasteiger partial charge in [-0.3, -0.25) is 4.79 Å². The van der Waals surface area contributed by atoms with E-state index in [0.29, 0.717) is 6.42 Å². The maximum Gasteiger partial charge on any atom is 0.336 e. The lowest BCUT2D eigenvalue weighted by molar-refractivity contribution is -0.161. The summed E-state index contributed by atoms with van der Waals surface area (Å²) in [5.41, 5.74) is -0.666. The summed E-state index contributed by atoms with van der Waals surface area (Å²) >= 11 is 0. The van der Waals surface area contributed by atoms with Crippen LogP contribution in [0.5, 0.6) is 0 Å². The predicted octanol–water partition coefficient (Wildman–Crippen LogP) is 1.74. The Morgan fingerprint density at radius 2 is 2.19 bits per heavy atom. The molecule has 0 amide bonds. The van der Waals surface area contributed by atoms with E-state index in [1.54, 1.807) is 13.8 Å². The van der Waals surface area contributed by atoms with E-state index in [4.69, 9.17) is 9.47 Å². The van der Waals surface area contributed by atoms with Crippen LogP contribution in [0.2, 0.25) is 0 Å². The number of carbonyl (C=O) groups is 3. The summed E-state index contributed by atoms with van der Waals surface area (Å²) in [7, 11) is 0. The van der Waals surface area contributed by atoms with Crippen molar-refractivity contribution in [3.8, 4) is 0 Å². The molecule has 0 unspecified atom stereocenters. The Labute approximate surface area is 152 Å². The molecule has 2 fully saturated rings. The first kappa shape index (κ1) is 18.6. The van der Waals surface area contributed by atoms with Crippen molar-refractivity contribution in [2.75, 3.05) is 6.61 Å². The molecule has 2 aliphatic carbocycles. The number of aliphatic hydroxyl groups excluding tert-OH is 1. The molecule has 3 rings (SSSR count). The maximum absolute atomic E-state index is 12.8. The van der Waals surface area contributed by atoms with Crippen molar-refractivity contribution in [2.24, 2.45) is 23.2 Å². The van der Waals surface area contributed by atoms with Crippen molar-refractivity contribution < 1.29 is 29.0 Å². The first-order chi connectivity index (χ1) is 12.2. The zero-order valence-corrected chi connectivity index (χ0v) is 15.2. The summed E-state index contributed by atoms with van der Waals surface area (Å²) < 4.78 is 11.2. The molecule has 0 spiro atoms. The number of hydrogen-bond acceptors (Lipinski definition) is 6. The molecule has 0 aromatic heterocycles. The van der Waals surface area contributed by atoms with Crippen LogP contribution in [0, 0.1) is 23.2 Å². The summed E-state index contributed by atoms with van der Waals surface area (Å²) in [5, 5.41) is 9.36. The average molecular weight is 360 g/mol. The number of allylic oxidation sites excluding steroid dienone is 3. The number of ether oxygens (including phenoxy) is 2. The lowest BCUT2D eigenvalue weighted by Crippen LogP contribution is -2.49. The summed E-state index contributed by atoms with van der Waals surface area (Å²) in [6.45, 7) is 8.78. The lowest BCUT2D eigenvalue weighted by atomic mass is 9.67. The van der Waals surface area contributed by atoms with E-state index in [1.807, 2.05) is 13.0 Å². The topological polar surface area (TPSA) is 89.9 Å². The second-order valence-corrected chi connectivity index (χ2v) is 7.54. The smallest absolute Gasteiger partial charge is 0.336 e. The second kappa shape index (κ2) is 6.50. The highest BCUT2D eigenvalue weighted by Crippen LogP contribution is 2.54. The van der Waals surface area contributed by atoms with E-state index in [2.05, 4.69) is 6.58 Å². The minimum Gasteiger partial charge on any atom is -0.458 e. The van der Waals surface area contributed by atoms with Gasteiger partial charge in [0.15, 0.2) is 5.78 Å². The molecule has 3 aliphatic rings. The average Bonchev–Trinajstić information content (AvgIpc) is 3.01. The van der Waals surface area contributed by atoms with Crippen LogP contribution in [-0.2, 0) is 23.9 Å². The van der Waals surface area contributed by atoms with E-state index in [9.17, 15) is 19.5 Å². The number of rotatable bonds is 3. The first-order valence-corrected chi connectivity index (χ1v) is 8.85. The van der Waals surface area contributed by atoms with Gasteiger partial charge in [0.1, 0.15) is 12.2 Å². The SMILES string of the molecule is C=C1C(=O)O[C@@H]2C[C@@H](C)[C@@H]3C=CC(=O)[C@@]3(C)[C@@H](OC(=O)/C(=C\C)CO)[C@H]12. The Bertz CT molecular complexity index is 733. The Morgan fingerprint density at radius 1 is 1.50 bits per heavy atom. The molecule has 1 heterocycles. The van der Waals surface area contributed by atoms with E-state index in [1.165, 1.54) is 12.2 Å². The van der Waals surface area contributed by atoms with E-state index < -0.39 is 42.1 Å². The number of esters is 2. The maximum atomic E-state index is 12.8. The van der Waals surface area contributed by atoms with Crippen molar-refractivity contribution in [3.05, 3.63) is 36.0 Å². The van der Waals surface area contributed by atoms with Crippen molar-refractivity contribution in [3.63, 3.8) is 0 Å². The van der Waals surface area contributed by atoms with Crippen molar-refractivity contribution >= 4 is 17.7 Å².